The Kier molecular flexibility index (Phi) is 8.38. The molecule has 50 heavy (non-hydrogen) atoms. The van der Waals surface area contributed by atoms with Crippen molar-refractivity contribution in [3.05, 3.63) is 118 Å². The first-order valence-corrected chi connectivity index (χ1v) is 17.7. The molecule has 0 radical (unpaired) electrons. The summed E-state index contributed by atoms with van der Waals surface area (Å²) in [6, 6.07) is 20.8. The Balaban J connectivity index is 1.55. The Morgan fingerprint density at radius 3 is 1.28 bits per heavy atom. The van der Waals surface area contributed by atoms with E-state index in [0.717, 1.165) is 0 Å². The quantitative estimate of drug-likeness (QED) is 0.122. The number of hydrogen-bond donors (Lipinski definition) is 4. The summed E-state index contributed by atoms with van der Waals surface area (Å²) in [4.78, 5) is 26.2. The lowest BCUT2D eigenvalue weighted by atomic mass is 9.75. The minimum Gasteiger partial charge on any atom is -0.496 e. The highest BCUT2D eigenvalue weighted by molar-refractivity contribution is 7.87. The molecule has 16 heteroatoms. The summed E-state index contributed by atoms with van der Waals surface area (Å²) in [6.45, 7) is 0. The van der Waals surface area contributed by atoms with Crippen molar-refractivity contribution in [2.75, 3.05) is 14.2 Å². The SMILES string of the molecule is COc1cc(-c2ccc(C3(S(=O)(=O)O)C/C(=N\N)C(=O)c4ccccc43)c(OC)c2)ccc1C1(S(=O)(=O)O)C/C(=N/N)C(=O)c2ccccc21. The van der Waals surface area contributed by atoms with E-state index in [1.165, 1.54) is 74.9 Å². The van der Waals surface area contributed by atoms with E-state index in [9.17, 15) is 35.5 Å². The first-order valence-electron chi connectivity index (χ1n) is 14.8. The molecule has 2 atom stereocenters. The van der Waals surface area contributed by atoms with Crippen molar-refractivity contribution in [3.63, 3.8) is 0 Å². The fraction of sp³-hybridized carbons (Fsp3) is 0.176. The summed E-state index contributed by atoms with van der Waals surface area (Å²) in [5.74, 6) is 9.88. The molecule has 0 bridgehead atoms. The molecule has 4 aromatic rings. The van der Waals surface area contributed by atoms with Crippen molar-refractivity contribution >= 4 is 43.2 Å². The van der Waals surface area contributed by atoms with E-state index < -0.39 is 54.1 Å². The first kappa shape index (κ1) is 34.4. The number of fused-ring (bicyclic) bond motifs is 2. The highest BCUT2D eigenvalue weighted by Crippen LogP contribution is 2.51. The summed E-state index contributed by atoms with van der Waals surface area (Å²) >= 11 is 0. The molecule has 2 aliphatic carbocycles. The van der Waals surface area contributed by atoms with Gasteiger partial charge in [0.1, 0.15) is 22.9 Å². The van der Waals surface area contributed by atoms with Crippen LogP contribution in [0.2, 0.25) is 0 Å². The van der Waals surface area contributed by atoms with Gasteiger partial charge < -0.3 is 21.2 Å². The van der Waals surface area contributed by atoms with Crippen molar-refractivity contribution in [1.29, 1.82) is 0 Å². The maximum Gasteiger partial charge on any atom is 0.279 e. The van der Waals surface area contributed by atoms with Gasteiger partial charge in [-0.3, -0.25) is 18.7 Å². The number of benzene rings is 4. The number of Topliss-reactive ketones (excluding diaryl/α,β-unsaturated/α-hetero) is 2. The molecule has 0 spiro atoms. The fourth-order valence-electron chi connectivity index (χ4n) is 7.04. The average Bonchev–Trinajstić information content (AvgIpc) is 3.11. The van der Waals surface area contributed by atoms with Crippen LogP contribution in [-0.4, -0.2) is 63.2 Å². The number of nitrogens with two attached hydrogens (primary N) is 2. The van der Waals surface area contributed by atoms with E-state index in [-0.39, 0.29) is 56.3 Å². The predicted octanol–water partition coefficient (Wildman–Crippen LogP) is 3.44. The lowest BCUT2D eigenvalue weighted by molar-refractivity contribution is 0.104. The van der Waals surface area contributed by atoms with Crippen LogP contribution in [0, 0.1) is 0 Å². The van der Waals surface area contributed by atoms with Gasteiger partial charge in [0.2, 0.25) is 11.6 Å². The van der Waals surface area contributed by atoms with Gasteiger partial charge in [0.25, 0.3) is 20.2 Å². The van der Waals surface area contributed by atoms with E-state index in [1.807, 2.05) is 0 Å². The Bertz CT molecular complexity index is 2230. The number of hydrazone groups is 2. The monoisotopic (exact) mass is 718 g/mol. The zero-order chi connectivity index (χ0) is 36.2. The third kappa shape index (κ3) is 4.90. The molecule has 258 valence electrons. The second-order valence-electron chi connectivity index (χ2n) is 11.7. The van der Waals surface area contributed by atoms with E-state index in [1.54, 1.807) is 24.3 Å². The Labute approximate surface area is 286 Å². The van der Waals surface area contributed by atoms with Crippen molar-refractivity contribution in [2.24, 2.45) is 21.9 Å². The normalized spacial score (nSPS) is 22.2. The second-order valence-corrected chi connectivity index (χ2v) is 15.0. The van der Waals surface area contributed by atoms with Crippen LogP contribution in [0.5, 0.6) is 11.5 Å². The number of carbonyl (C=O) groups excluding carboxylic acids is 2. The third-order valence-corrected chi connectivity index (χ3v) is 12.3. The summed E-state index contributed by atoms with van der Waals surface area (Å²) in [5, 5.41) is 7.09. The maximum atomic E-state index is 13.4. The standard InChI is InChI=1S/C34H30N4O10S2/c1-47-29-15-19(11-13-25(29)33(49(41,42)43)17-27(37-35)31(39)21-7-3-5-9-23(21)33)20-12-14-26(30(16-20)48-2)34(50(44,45)46)18-28(38-36)32(40)22-8-4-6-10-24(22)34/h3-16H,17-18,35-36H2,1-2H3,(H,41,42,43)(H,44,45,46)/b37-27-,38-28+. The lowest BCUT2D eigenvalue weighted by Crippen LogP contribution is -2.46. The smallest absolute Gasteiger partial charge is 0.279 e. The van der Waals surface area contributed by atoms with Crippen molar-refractivity contribution in [2.45, 2.75) is 22.3 Å². The first-order chi connectivity index (χ1) is 23.7. The van der Waals surface area contributed by atoms with Crippen LogP contribution < -0.4 is 21.2 Å². The topological polar surface area (TPSA) is 238 Å². The summed E-state index contributed by atoms with van der Waals surface area (Å²) < 4.78 is 82.0. The van der Waals surface area contributed by atoms with Crippen molar-refractivity contribution in [1.82, 2.24) is 0 Å². The molecule has 14 nitrogen and oxygen atoms in total. The van der Waals surface area contributed by atoms with Crippen LogP contribution in [0.4, 0.5) is 0 Å². The molecule has 0 saturated carbocycles. The van der Waals surface area contributed by atoms with Crippen LogP contribution in [0.3, 0.4) is 0 Å². The highest BCUT2D eigenvalue weighted by atomic mass is 32.2. The summed E-state index contributed by atoms with van der Waals surface area (Å²) in [7, 11) is -7.45. The fourth-order valence-corrected chi connectivity index (χ4v) is 9.48. The number of nitrogens with zero attached hydrogens (tertiary/aromatic N) is 2. The highest BCUT2D eigenvalue weighted by Gasteiger charge is 2.56. The number of ether oxygens (including phenoxy) is 2. The van der Waals surface area contributed by atoms with Crippen LogP contribution in [0.25, 0.3) is 11.1 Å². The number of methoxy groups -OCH3 is 2. The van der Waals surface area contributed by atoms with Gasteiger partial charge in [-0.05, 0) is 34.4 Å². The zero-order valence-corrected chi connectivity index (χ0v) is 28.2. The Morgan fingerprint density at radius 1 is 0.600 bits per heavy atom. The third-order valence-electron chi connectivity index (χ3n) is 9.37. The van der Waals surface area contributed by atoms with Gasteiger partial charge in [-0.1, -0.05) is 72.8 Å². The van der Waals surface area contributed by atoms with Crippen molar-refractivity contribution < 1.29 is 45.0 Å². The van der Waals surface area contributed by atoms with E-state index >= 15 is 0 Å². The molecular formula is C34H30N4O10S2. The van der Waals surface area contributed by atoms with Gasteiger partial charge >= 0.3 is 0 Å². The minimum atomic E-state index is -5.03. The molecule has 2 unspecified atom stereocenters. The number of ketones is 2. The molecule has 0 fully saturated rings. The molecule has 0 saturated heterocycles. The number of hydrogen-bond acceptors (Lipinski definition) is 12. The van der Waals surface area contributed by atoms with Crippen LogP contribution in [0.1, 0.15) is 55.8 Å². The van der Waals surface area contributed by atoms with Crippen molar-refractivity contribution in [3.8, 4) is 22.6 Å². The van der Waals surface area contributed by atoms with Crippen LogP contribution in [0.15, 0.2) is 95.1 Å². The number of carbonyl (C=O) groups is 2. The van der Waals surface area contributed by atoms with Gasteiger partial charge in [0.15, 0.2) is 9.49 Å². The molecule has 6 N–H and O–H groups in total. The molecular weight excluding hydrogens is 689 g/mol. The largest absolute Gasteiger partial charge is 0.496 e. The Hall–Kier alpha value is -5.42. The molecule has 0 amide bonds. The van der Waals surface area contributed by atoms with Gasteiger partial charge in [0.05, 0.1) is 14.2 Å². The van der Waals surface area contributed by atoms with Gasteiger partial charge in [-0.25, -0.2) is 0 Å². The summed E-state index contributed by atoms with van der Waals surface area (Å²) in [5.41, 5.74) is 0.359. The predicted molar refractivity (Wildman–Crippen MR) is 184 cm³/mol. The van der Waals surface area contributed by atoms with E-state index in [2.05, 4.69) is 10.2 Å². The van der Waals surface area contributed by atoms with Crippen LogP contribution in [-0.2, 0) is 29.7 Å². The number of rotatable bonds is 7. The van der Waals surface area contributed by atoms with Gasteiger partial charge in [-0.15, -0.1) is 0 Å². The van der Waals surface area contributed by atoms with Gasteiger partial charge in [0, 0.05) is 35.1 Å². The average molecular weight is 719 g/mol. The molecule has 0 heterocycles. The molecule has 6 rings (SSSR count). The maximum absolute atomic E-state index is 13.4. The molecule has 0 aliphatic heterocycles. The molecule has 0 aromatic heterocycles. The lowest BCUT2D eigenvalue weighted by Gasteiger charge is -2.37. The van der Waals surface area contributed by atoms with E-state index in [4.69, 9.17) is 21.2 Å². The molecule has 2 aliphatic rings. The summed E-state index contributed by atoms with van der Waals surface area (Å²) in [6.07, 6.45) is -1.15. The van der Waals surface area contributed by atoms with Gasteiger partial charge in [-0.2, -0.15) is 27.0 Å². The van der Waals surface area contributed by atoms with Crippen LogP contribution >= 0.6 is 0 Å². The molecule has 4 aromatic carbocycles. The zero-order valence-electron chi connectivity index (χ0n) is 26.5. The Morgan fingerprint density at radius 2 is 0.960 bits per heavy atom. The van der Waals surface area contributed by atoms with E-state index in [0.29, 0.717) is 11.1 Å². The minimum absolute atomic E-state index is 0.00153. The second kappa shape index (κ2) is 12.2.